The third-order valence-corrected chi connectivity index (χ3v) is 8.55. The van der Waals surface area contributed by atoms with E-state index in [0.29, 0.717) is 9.93 Å². The van der Waals surface area contributed by atoms with Crippen LogP contribution in [0.3, 0.4) is 0 Å². The van der Waals surface area contributed by atoms with Gasteiger partial charge in [0.1, 0.15) is 6.54 Å². The molecule has 6 nitrogen and oxygen atoms in total. The van der Waals surface area contributed by atoms with Gasteiger partial charge >= 0.3 is 0 Å². The van der Waals surface area contributed by atoms with Crippen LogP contribution in [0.25, 0.3) is 17.0 Å². The fourth-order valence-electron chi connectivity index (χ4n) is 5.27. The molecule has 2 aliphatic rings. The van der Waals surface area contributed by atoms with Gasteiger partial charge in [-0.15, -0.1) is 0 Å². The summed E-state index contributed by atoms with van der Waals surface area (Å²) in [7, 11) is 0. The quantitative estimate of drug-likeness (QED) is 0.338. The topological polar surface area (TPSA) is 62.6 Å². The van der Waals surface area contributed by atoms with Gasteiger partial charge in [0, 0.05) is 34.8 Å². The van der Waals surface area contributed by atoms with Crippen LogP contribution in [0.15, 0.2) is 53.6 Å². The molecule has 0 unspecified atom stereocenters. The van der Waals surface area contributed by atoms with E-state index in [2.05, 4.69) is 19.9 Å². The van der Waals surface area contributed by atoms with Crippen molar-refractivity contribution in [2.24, 2.45) is 0 Å². The standard InChI is InChI=1S/C29H30ClN3O3S/c1-3-20-11-8-12-23-22(16-31(27(20)23)18-26(34)32-14-7-6-9-19(32)2)15-25-28(35)33(29(36)37-25)17-21-10-4-5-13-24(21)30/h4-5,8,10-13,15-16,19H,3,6-7,9,14,17-18H2,1-2H3/b25-15-/t19-/m1/s1. The number of imide groups is 1. The van der Waals surface area contributed by atoms with Crippen molar-refractivity contribution < 1.29 is 14.4 Å². The molecule has 2 aliphatic heterocycles. The molecule has 37 heavy (non-hydrogen) atoms. The number of hydrogen-bond donors (Lipinski definition) is 0. The summed E-state index contributed by atoms with van der Waals surface area (Å²) >= 11 is 7.20. The molecule has 1 atom stereocenters. The first kappa shape index (κ1) is 25.6. The first-order valence-corrected chi connectivity index (χ1v) is 14.0. The average molecular weight is 536 g/mol. The SMILES string of the molecule is CCc1cccc2c(/C=C3\SC(=O)N(Cc4ccccc4Cl)C3=O)cn(CC(=O)N3CCCC[C@H]3C)c12. The van der Waals surface area contributed by atoms with E-state index in [0.717, 1.165) is 71.6 Å². The summed E-state index contributed by atoms with van der Waals surface area (Å²) in [6.07, 6.45) is 7.78. The Morgan fingerprint density at radius 3 is 2.65 bits per heavy atom. The van der Waals surface area contributed by atoms with Gasteiger partial charge in [-0.25, -0.2) is 0 Å². The predicted molar refractivity (Wildman–Crippen MR) is 149 cm³/mol. The van der Waals surface area contributed by atoms with Crippen LogP contribution in [-0.4, -0.2) is 44.0 Å². The van der Waals surface area contributed by atoms with Gasteiger partial charge in [0.05, 0.1) is 17.0 Å². The summed E-state index contributed by atoms with van der Waals surface area (Å²) in [6.45, 7) is 5.39. The number of thioether (sulfide) groups is 1. The van der Waals surface area contributed by atoms with Crippen LogP contribution in [0.1, 0.15) is 49.8 Å². The molecule has 0 radical (unpaired) electrons. The minimum atomic E-state index is -0.333. The van der Waals surface area contributed by atoms with E-state index in [9.17, 15) is 14.4 Å². The number of amides is 3. The van der Waals surface area contributed by atoms with Gasteiger partial charge in [0.15, 0.2) is 0 Å². The Bertz CT molecular complexity index is 1410. The van der Waals surface area contributed by atoms with Crippen molar-refractivity contribution in [2.75, 3.05) is 6.54 Å². The first-order valence-electron chi connectivity index (χ1n) is 12.8. The highest BCUT2D eigenvalue weighted by atomic mass is 35.5. The molecule has 2 saturated heterocycles. The number of hydrogen-bond acceptors (Lipinski definition) is 4. The predicted octanol–water partition coefficient (Wildman–Crippen LogP) is 6.49. The molecule has 192 valence electrons. The molecule has 8 heteroatoms. The van der Waals surface area contributed by atoms with E-state index in [4.69, 9.17) is 11.6 Å². The minimum absolute atomic E-state index is 0.113. The van der Waals surface area contributed by atoms with E-state index in [1.807, 2.05) is 46.0 Å². The number of para-hydroxylation sites is 1. The van der Waals surface area contributed by atoms with Crippen LogP contribution in [0.2, 0.25) is 5.02 Å². The number of piperidine rings is 1. The van der Waals surface area contributed by atoms with Crippen LogP contribution < -0.4 is 0 Å². The zero-order chi connectivity index (χ0) is 26.1. The van der Waals surface area contributed by atoms with Crippen molar-refractivity contribution in [3.63, 3.8) is 0 Å². The summed E-state index contributed by atoms with van der Waals surface area (Å²) in [5.74, 6) is -0.220. The molecule has 5 rings (SSSR count). The number of fused-ring (bicyclic) bond motifs is 1. The van der Waals surface area contributed by atoms with Crippen molar-refractivity contribution in [1.29, 1.82) is 0 Å². The second-order valence-electron chi connectivity index (χ2n) is 9.67. The van der Waals surface area contributed by atoms with E-state index >= 15 is 0 Å². The monoisotopic (exact) mass is 535 g/mol. The zero-order valence-corrected chi connectivity index (χ0v) is 22.6. The van der Waals surface area contributed by atoms with E-state index in [1.165, 1.54) is 4.90 Å². The van der Waals surface area contributed by atoms with Gasteiger partial charge in [-0.1, -0.05) is 54.9 Å². The lowest BCUT2D eigenvalue weighted by Crippen LogP contribution is -2.43. The van der Waals surface area contributed by atoms with Crippen LogP contribution in [0.5, 0.6) is 0 Å². The largest absolute Gasteiger partial charge is 0.338 e. The molecule has 0 bridgehead atoms. The molecule has 0 saturated carbocycles. The second kappa shape index (κ2) is 10.8. The Hall–Kier alpha value is -3.03. The van der Waals surface area contributed by atoms with Gasteiger partial charge in [0.25, 0.3) is 11.1 Å². The highest BCUT2D eigenvalue weighted by Crippen LogP contribution is 2.36. The molecule has 3 amide bonds. The van der Waals surface area contributed by atoms with Crippen LogP contribution in [-0.2, 0) is 29.1 Å². The Morgan fingerprint density at radius 2 is 1.89 bits per heavy atom. The maximum absolute atomic E-state index is 13.3. The summed E-state index contributed by atoms with van der Waals surface area (Å²) in [6, 6.07) is 13.6. The molecule has 3 heterocycles. The molecular formula is C29H30ClN3O3S. The Labute approximate surface area is 226 Å². The molecule has 0 N–H and O–H groups in total. The lowest BCUT2D eigenvalue weighted by atomic mass is 10.0. The molecule has 2 aromatic carbocycles. The molecule has 0 aliphatic carbocycles. The third-order valence-electron chi connectivity index (χ3n) is 7.27. The second-order valence-corrected chi connectivity index (χ2v) is 11.1. The highest BCUT2D eigenvalue weighted by Gasteiger charge is 2.35. The number of aryl methyl sites for hydroxylation is 1. The van der Waals surface area contributed by atoms with Gasteiger partial charge in [0.2, 0.25) is 5.91 Å². The number of likely N-dealkylation sites (tertiary alicyclic amines) is 1. The maximum Gasteiger partial charge on any atom is 0.293 e. The maximum atomic E-state index is 13.3. The van der Waals surface area contributed by atoms with Gasteiger partial charge < -0.3 is 9.47 Å². The molecule has 2 fully saturated rings. The fourth-order valence-corrected chi connectivity index (χ4v) is 6.29. The smallest absolute Gasteiger partial charge is 0.293 e. The Kier molecular flexibility index (Phi) is 7.45. The van der Waals surface area contributed by atoms with Crippen molar-refractivity contribution in [1.82, 2.24) is 14.4 Å². The summed E-state index contributed by atoms with van der Waals surface area (Å²) in [5, 5.41) is 1.17. The number of aromatic nitrogens is 1. The lowest BCUT2D eigenvalue weighted by Gasteiger charge is -2.33. The van der Waals surface area contributed by atoms with Crippen molar-refractivity contribution in [3.05, 3.63) is 75.3 Å². The van der Waals surface area contributed by atoms with Crippen molar-refractivity contribution in [3.8, 4) is 0 Å². The molecule has 1 aromatic heterocycles. The average Bonchev–Trinajstić information content (AvgIpc) is 3.37. The third kappa shape index (κ3) is 5.07. The normalized spacial score (nSPS) is 19.4. The first-order chi connectivity index (χ1) is 17.9. The Morgan fingerprint density at radius 1 is 1.11 bits per heavy atom. The van der Waals surface area contributed by atoms with Crippen molar-refractivity contribution in [2.45, 2.75) is 58.7 Å². The van der Waals surface area contributed by atoms with E-state index in [-0.39, 0.29) is 36.2 Å². The summed E-state index contributed by atoms with van der Waals surface area (Å²) in [4.78, 5) is 42.9. The number of carbonyl (C=O) groups is 3. The molecule has 3 aromatic rings. The van der Waals surface area contributed by atoms with E-state index < -0.39 is 0 Å². The van der Waals surface area contributed by atoms with Crippen LogP contribution in [0, 0.1) is 0 Å². The van der Waals surface area contributed by atoms with E-state index in [1.54, 1.807) is 12.1 Å². The van der Waals surface area contributed by atoms with Crippen LogP contribution in [0.4, 0.5) is 4.79 Å². The number of benzene rings is 2. The molecular weight excluding hydrogens is 506 g/mol. The zero-order valence-electron chi connectivity index (χ0n) is 21.1. The number of halogens is 1. The number of nitrogens with zero attached hydrogens (tertiary/aromatic N) is 3. The summed E-state index contributed by atoms with van der Waals surface area (Å²) < 4.78 is 2.01. The minimum Gasteiger partial charge on any atom is -0.338 e. The Balaban J connectivity index is 1.47. The van der Waals surface area contributed by atoms with Gasteiger partial charge in [-0.05, 0) is 67.6 Å². The fraction of sp³-hybridized carbons (Fsp3) is 0.345. The number of rotatable bonds is 6. The lowest BCUT2D eigenvalue weighted by molar-refractivity contribution is -0.135. The highest BCUT2D eigenvalue weighted by molar-refractivity contribution is 8.18. The van der Waals surface area contributed by atoms with Gasteiger partial charge in [-0.3, -0.25) is 19.3 Å². The number of carbonyl (C=O) groups excluding carboxylic acids is 3. The van der Waals surface area contributed by atoms with Crippen LogP contribution >= 0.6 is 23.4 Å². The van der Waals surface area contributed by atoms with Gasteiger partial charge in [-0.2, -0.15) is 0 Å². The van der Waals surface area contributed by atoms with Crippen molar-refractivity contribution >= 4 is 57.4 Å². The summed E-state index contributed by atoms with van der Waals surface area (Å²) in [5.41, 5.74) is 3.70. The molecule has 0 spiro atoms.